The highest BCUT2D eigenvalue weighted by Crippen LogP contribution is 2.31. The smallest absolute Gasteiger partial charge is 0.291 e. The minimum Gasteiger partial charge on any atom is -0.333 e. The van der Waals surface area contributed by atoms with E-state index in [0.717, 1.165) is 16.7 Å². The van der Waals surface area contributed by atoms with Gasteiger partial charge in [-0.3, -0.25) is 4.79 Å². The van der Waals surface area contributed by atoms with Crippen molar-refractivity contribution in [1.29, 1.82) is 0 Å². The molecule has 1 aliphatic heterocycles. The van der Waals surface area contributed by atoms with Crippen LogP contribution in [0.1, 0.15) is 48.1 Å². The Balaban J connectivity index is 1.79. The number of carbonyl (C=O) groups is 1. The van der Waals surface area contributed by atoms with Crippen molar-refractivity contribution in [3.05, 3.63) is 53.1 Å². The largest absolute Gasteiger partial charge is 0.333 e. The standard InChI is InChI=1S/C21H28N4O3S/c1-15-13-17(21(3,4)5)14-16(2)18(15)29(27,28)25-11-9-24(10-12-25)20(26)19-22-7-6-8-23-19/h6-8,13-14H,9-12H2,1-5H3. The average Bonchev–Trinajstić information content (AvgIpc) is 2.66. The Labute approximate surface area is 172 Å². The number of hydrogen-bond donors (Lipinski definition) is 0. The fourth-order valence-electron chi connectivity index (χ4n) is 3.60. The molecule has 0 saturated carbocycles. The molecule has 2 heterocycles. The van der Waals surface area contributed by atoms with E-state index >= 15 is 0 Å². The van der Waals surface area contributed by atoms with Crippen molar-refractivity contribution in [3.8, 4) is 0 Å². The number of hydrogen-bond acceptors (Lipinski definition) is 5. The van der Waals surface area contributed by atoms with Crippen molar-refractivity contribution in [2.24, 2.45) is 0 Å². The van der Waals surface area contributed by atoms with Crippen molar-refractivity contribution in [3.63, 3.8) is 0 Å². The quantitative estimate of drug-likeness (QED) is 0.768. The van der Waals surface area contributed by atoms with Gasteiger partial charge in [0.15, 0.2) is 0 Å². The molecule has 0 spiro atoms. The third-order valence-corrected chi connectivity index (χ3v) is 7.41. The molecule has 29 heavy (non-hydrogen) atoms. The molecular weight excluding hydrogens is 388 g/mol. The Morgan fingerprint density at radius 2 is 1.48 bits per heavy atom. The molecule has 1 aromatic carbocycles. The Hall–Kier alpha value is -2.32. The van der Waals surface area contributed by atoms with E-state index in [1.165, 1.54) is 16.7 Å². The number of amides is 1. The summed E-state index contributed by atoms with van der Waals surface area (Å²) in [5.74, 6) is -0.141. The van der Waals surface area contributed by atoms with Gasteiger partial charge in [-0.1, -0.05) is 32.9 Å². The van der Waals surface area contributed by atoms with Crippen LogP contribution in [0, 0.1) is 13.8 Å². The summed E-state index contributed by atoms with van der Waals surface area (Å²) in [5, 5.41) is 0. The molecule has 0 radical (unpaired) electrons. The summed E-state index contributed by atoms with van der Waals surface area (Å²) >= 11 is 0. The minimum absolute atomic E-state index is 0.0523. The lowest BCUT2D eigenvalue weighted by Gasteiger charge is -2.34. The van der Waals surface area contributed by atoms with Gasteiger partial charge >= 0.3 is 0 Å². The van der Waals surface area contributed by atoms with Crippen LogP contribution >= 0.6 is 0 Å². The summed E-state index contributed by atoms with van der Waals surface area (Å²) in [6.45, 7) is 11.2. The van der Waals surface area contributed by atoms with Crippen molar-refractivity contribution >= 4 is 15.9 Å². The van der Waals surface area contributed by atoms with Crippen LogP contribution in [0.4, 0.5) is 0 Å². The van der Waals surface area contributed by atoms with E-state index in [2.05, 4.69) is 30.7 Å². The first-order valence-electron chi connectivity index (χ1n) is 9.70. The van der Waals surface area contributed by atoms with E-state index in [4.69, 9.17) is 0 Å². The molecule has 1 aromatic heterocycles. The topological polar surface area (TPSA) is 83.5 Å². The lowest BCUT2D eigenvalue weighted by Crippen LogP contribution is -2.51. The molecule has 156 valence electrons. The van der Waals surface area contributed by atoms with Crippen LogP contribution in [0.15, 0.2) is 35.5 Å². The zero-order valence-corrected chi connectivity index (χ0v) is 18.5. The molecule has 2 aromatic rings. The number of nitrogens with zero attached hydrogens (tertiary/aromatic N) is 4. The molecule has 3 rings (SSSR count). The van der Waals surface area contributed by atoms with Gasteiger partial charge in [0.05, 0.1) is 4.90 Å². The van der Waals surface area contributed by atoms with Crippen LogP contribution in [-0.4, -0.2) is 59.7 Å². The normalized spacial score (nSPS) is 16.1. The van der Waals surface area contributed by atoms with Crippen molar-refractivity contribution in [2.45, 2.75) is 44.9 Å². The maximum atomic E-state index is 13.3. The summed E-state index contributed by atoms with van der Waals surface area (Å²) in [7, 11) is -3.64. The summed E-state index contributed by atoms with van der Waals surface area (Å²) < 4.78 is 28.1. The summed E-state index contributed by atoms with van der Waals surface area (Å²) in [4.78, 5) is 22.4. The van der Waals surface area contributed by atoms with Gasteiger partial charge in [-0.25, -0.2) is 18.4 Å². The van der Waals surface area contributed by atoms with Crippen molar-refractivity contribution < 1.29 is 13.2 Å². The van der Waals surface area contributed by atoms with E-state index in [1.54, 1.807) is 11.0 Å². The van der Waals surface area contributed by atoms with Crippen LogP contribution in [-0.2, 0) is 15.4 Å². The molecule has 8 heteroatoms. The lowest BCUT2D eigenvalue weighted by atomic mass is 9.85. The van der Waals surface area contributed by atoms with Crippen LogP contribution < -0.4 is 0 Å². The first kappa shape index (κ1) is 21.4. The Morgan fingerprint density at radius 3 is 1.97 bits per heavy atom. The molecule has 0 atom stereocenters. The third kappa shape index (κ3) is 4.33. The molecule has 0 aliphatic carbocycles. The Bertz CT molecular complexity index is 983. The first-order valence-corrected chi connectivity index (χ1v) is 11.1. The van der Waals surface area contributed by atoms with Gasteiger partial charge < -0.3 is 4.90 Å². The van der Waals surface area contributed by atoms with Gasteiger partial charge in [0.25, 0.3) is 5.91 Å². The molecule has 1 saturated heterocycles. The number of aromatic nitrogens is 2. The lowest BCUT2D eigenvalue weighted by molar-refractivity contribution is 0.0685. The third-order valence-electron chi connectivity index (χ3n) is 5.21. The van der Waals surface area contributed by atoms with E-state index in [0.29, 0.717) is 18.0 Å². The highest BCUT2D eigenvalue weighted by Gasteiger charge is 2.33. The molecule has 7 nitrogen and oxygen atoms in total. The number of piperazine rings is 1. The number of rotatable bonds is 3. The summed E-state index contributed by atoms with van der Waals surface area (Å²) in [6, 6.07) is 5.58. The minimum atomic E-state index is -3.64. The molecule has 1 aliphatic rings. The van der Waals surface area contributed by atoms with Crippen molar-refractivity contribution in [2.75, 3.05) is 26.2 Å². The molecular formula is C21H28N4O3S. The van der Waals surface area contributed by atoms with Gasteiger partial charge in [-0.2, -0.15) is 4.31 Å². The Kier molecular flexibility index (Phi) is 5.78. The molecule has 0 N–H and O–H groups in total. The van der Waals surface area contributed by atoms with Gasteiger partial charge in [-0.15, -0.1) is 0 Å². The number of benzene rings is 1. The fraction of sp³-hybridized carbons (Fsp3) is 0.476. The highest BCUT2D eigenvalue weighted by atomic mass is 32.2. The van der Waals surface area contributed by atoms with Gasteiger partial charge in [0.1, 0.15) is 0 Å². The monoisotopic (exact) mass is 416 g/mol. The second-order valence-corrected chi connectivity index (χ2v) is 10.3. The summed E-state index contributed by atoms with van der Waals surface area (Å²) in [6.07, 6.45) is 3.04. The first-order chi connectivity index (χ1) is 13.5. The van der Waals surface area contributed by atoms with Gasteiger partial charge in [0, 0.05) is 38.6 Å². The maximum absolute atomic E-state index is 13.3. The maximum Gasteiger partial charge on any atom is 0.291 e. The number of aryl methyl sites for hydroxylation is 2. The van der Waals surface area contributed by atoms with Crippen LogP contribution in [0.3, 0.4) is 0 Å². The zero-order valence-electron chi connectivity index (χ0n) is 17.6. The highest BCUT2D eigenvalue weighted by molar-refractivity contribution is 7.89. The zero-order chi connectivity index (χ0) is 21.4. The fourth-order valence-corrected chi connectivity index (χ4v) is 5.44. The van der Waals surface area contributed by atoms with Crippen LogP contribution in [0.25, 0.3) is 0 Å². The second-order valence-electron chi connectivity index (χ2n) is 8.46. The van der Waals surface area contributed by atoms with E-state index in [-0.39, 0.29) is 30.2 Å². The van der Waals surface area contributed by atoms with E-state index < -0.39 is 10.0 Å². The van der Waals surface area contributed by atoms with E-state index in [1.807, 2.05) is 26.0 Å². The van der Waals surface area contributed by atoms with Crippen LogP contribution in [0.5, 0.6) is 0 Å². The number of sulfonamides is 1. The Morgan fingerprint density at radius 1 is 0.966 bits per heavy atom. The van der Waals surface area contributed by atoms with Gasteiger partial charge in [-0.05, 0) is 42.0 Å². The molecule has 1 amide bonds. The molecule has 0 unspecified atom stereocenters. The molecule has 0 bridgehead atoms. The average molecular weight is 417 g/mol. The predicted octanol–water partition coefficient (Wildman–Crippen LogP) is 2.54. The van der Waals surface area contributed by atoms with Crippen molar-refractivity contribution in [1.82, 2.24) is 19.2 Å². The molecule has 1 fully saturated rings. The SMILES string of the molecule is Cc1cc(C(C)(C)C)cc(C)c1S(=O)(=O)N1CCN(C(=O)c2ncccn2)CC1. The summed E-state index contributed by atoms with van der Waals surface area (Å²) in [5.41, 5.74) is 2.57. The number of carbonyl (C=O) groups excluding carboxylic acids is 1. The van der Waals surface area contributed by atoms with Crippen LogP contribution in [0.2, 0.25) is 0 Å². The predicted molar refractivity (Wildman–Crippen MR) is 111 cm³/mol. The second kappa shape index (κ2) is 7.84. The van der Waals surface area contributed by atoms with E-state index in [9.17, 15) is 13.2 Å². The van der Waals surface area contributed by atoms with Gasteiger partial charge in [0.2, 0.25) is 15.8 Å².